The number of ether oxygens (including phenoxy) is 1. The monoisotopic (exact) mass is 279 g/mol. The smallest absolute Gasteiger partial charge is 0.227 e. The summed E-state index contributed by atoms with van der Waals surface area (Å²) in [5.41, 5.74) is 2.23. The highest BCUT2D eigenvalue weighted by Gasteiger charge is 2.11. The van der Waals surface area contributed by atoms with E-state index in [-0.39, 0.29) is 0 Å². The summed E-state index contributed by atoms with van der Waals surface area (Å²) in [6, 6.07) is 15.3. The van der Waals surface area contributed by atoms with Crippen molar-refractivity contribution in [2.45, 2.75) is 6.61 Å². The standard InChI is InChI=1S/C17H13NO3/c19-10-17(20)15-9-18-16-7-6-13(8-14(15)16)21-11-12-4-2-1-3-5-12/h1-10,18H,11H2. The number of ketones is 1. The van der Waals surface area contributed by atoms with Gasteiger partial charge < -0.3 is 9.72 Å². The maximum Gasteiger partial charge on any atom is 0.227 e. The molecule has 4 nitrogen and oxygen atoms in total. The normalized spacial score (nSPS) is 10.5. The first-order valence-corrected chi connectivity index (χ1v) is 6.55. The predicted molar refractivity (Wildman–Crippen MR) is 79.5 cm³/mol. The van der Waals surface area contributed by atoms with Gasteiger partial charge in [-0.3, -0.25) is 9.59 Å². The van der Waals surface area contributed by atoms with Gasteiger partial charge in [0.1, 0.15) is 12.4 Å². The molecule has 0 fully saturated rings. The highest BCUT2D eigenvalue weighted by Crippen LogP contribution is 2.24. The minimum absolute atomic E-state index is 0.320. The quantitative estimate of drug-likeness (QED) is 0.443. The molecule has 1 N–H and O–H groups in total. The van der Waals surface area contributed by atoms with E-state index < -0.39 is 5.78 Å². The van der Waals surface area contributed by atoms with Crippen LogP contribution in [0.25, 0.3) is 10.9 Å². The topological polar surface area (TPSA) is 59.2 Å². The summed E-state index contributed by atoms with van der Waals surface area (Å²) in [7, 11) is 0. The summed E-state index contributed by atoms with van der Waals surface area (Å²) >= 11 is 0. The molecule has 0 saturated carbocycles. The molecule has 3 rings (SSSR count). The van der Waals surface area contributed by atoms with E-state index in [1.807, 2.05) is 42.5 Å². The zero-order valence-electron chi connectivity index (χ0n) is 11.2. The highest BCUT2D eigenvalue weighted by molar-refractivity contribution is 6.36. The zero-order valence-corrected chi connectivity index (χ0v) is 11.2. The average molecular weight is 279 g/mol. The first-order valence-electron chi connectivity index (χ1n) is 6.55. The molecule has 104 valence electrons. The Morgan fingerprint density at radius 3 is 2.71 bits per heavy atom. The SMILES string of the molecule is O=CC(=O)c1c[nH]c2ccc(OCc3ccccc3)cc12. The number of fused-ring (bicyclic) bond motifs is 1. The lowest BCUT2D eigenvalue weighted by atomic mass is 10.1. The van der Waals surface area contributed by atoms with E-state index in [4.69, 9.17) is 4.74 Å². The lowest BCUT2D eigenvalue weighted by Gasteiger charge is -2.06. The van der Waals surface area contributed by atoms with E-state index in [1.54, 1.807) is 12.3 Å². The Balaban J connectivity index is 1.86. The van der Waals surface area contributed by atoms with Crippen LogP contribution in [-0.2, 0) is 11.4 Å². The fourth-order valence-corrected chi connectivity index (χ4v) is 2.20. The largest absolute Gasteiger partial charge is 0.489 e. The molecule has 3 aromatic rings. The molecule has 0 aliphatic rings. The Morgan fingerprint density at radius 1 is 1.14 bits per heavy atom. The van der Waals surface area contributed by atoms with Crippen molar-refractivity contribution in [2.75, 3.05) is 0 Å². The third kappa shape index (κ3) is 2.69. The summed E-state index contributed by atoms with van der Waals surface area (Å²) in [5.74, 6) is 0.118. The third-order valence-electron chi connectivity index (χ3n) is 3.27. The van der Waals surface area contributed by atoms with Crippen LogP contribution in [0.3, 0.4) is 0 Å². The Kier molecular flexibility index (Phi) is 3.51. The van der Waals surface area contributed by atoms with Gasteiger partial charge in [-0.15, -0.1) is 0 Å². The van der Waals surface area contributed by atoms with E-state index in [2.05, 4.69) is 4.98 Å². The minimum atomic E-state index is -0.540. The minimum Gasteiger partial charge on any atom is -0.489 e. The van der Waals surface area contributed by atoms with Crippen molar-refractivity contribution in [1.82, 2.24) is 4.98 Å². The molecule has 0 radical (unpaired) electrons. The number of aromatic nitrogens is 1. The van der Waals surface area contributed by atoms with Gasteiger partial charge in [-0.25, -0.2) is 0 Å². The highest BCUT2D eigenvalue weighted by atomic mass is 16.5. The second-order valence-electron chi connectivity index (χ2n) is 4.67. The van der Waals surface area contributed by atoms with E-state index in [9.17, 15) is 9.59 Å². The second kappa shape index (κ2) is 5.63. The summed E-state index contributed by atoms with van der Waals surface area (Å²) in [6.45, 7) is 0.452. The van der Waals surface area contributed by atoms with Crippen molar-refractivity contribution >= 4 is 23.0 Å². The maximum absolute atomic E-state index is 11.6. The van der Waals surface area contributed by atoms with Gasteiger partial charge >= 0.3 is 0 Å². The van der Waals surface area contributed by atoms with E-state index in [0.29, 0.717) is 29.6 Å². The van der Waals surface area contributed by atoms with Gasteiger partial charge in [-0.05, 0) is 23.8 Å². The van der Waals surface area contributed by atoms with Gasteiger partial charge in [0.05, 0.1) is 5.56 Å². The number of carbonyl (C=O) groups is 2. The van der Waals surface area contributed by atoms with Crippen molar-refractivity contribution in [3.8, 4) is 5.75 Å². The number of hydrogen-bond acceptors (Lipinski definition) is 3. The van der Waals surface area contributed by atoms with Gasteiger partial charge in [0.2, 0.25) is 5.78 Å². The molecule has 0 spiro atoms. The second-order valence-corrected chi connectivity index (χ2v) is 4.67. The molecule has 4 heteroatoms. The van der Waals surface area contributed by atoms with E-state index in [0.717, 1.165) is 11.1 Å². The maximum atomic E-state index is 11.6. The van der Waals surface area contributed by atoms with Gasteiger partial charge in [0.15, 0.2) is 6.29 Å². The van der Waals surface area contributed by atoms with Crippen molar-refractivity contribution in [3.05, 3.63) is 65.9 Å². The molecular weight excluding hydrogens is 266 g/mol. The summed E-state index contributed by atoms with van der Waals surface area (Å²) in [4.78, 5) is 25.2. The van der Waals surface area contributed by atoms with Crippen LogP contribution in [0.2, 0.25) is 0 Å². The van der Waals surface area contributed by atoms with E-state index >= 15 is 0 Å². The molecule has 21 heavy (non-hydrogen) atoms. The molecule has 0 unspecified atom stereocenters. The van der Waals surface area contributed by atoms with Gasteiger partial charge in [0.25, 0.3) is 0 Å². The van der Waals surface area contributed by atoms with Crippen LogP contribution < -0.4 is 4.74 Å². The molecule has 1 heterocycles. The Bertz CT molecular complexity index is 790. The van der Waals surface area contributed by atoms with E-state index in [1.165, 1.54) is 0 Å². The third-order valence-corrected chi connectivity index (χ3v) is 3.27. The number of hydrogen-bond donors (Lipinski definition) is 1. The first kappa shape index (κ1) is 13.1. The first-order chi connectivity index (χ1) is 10.3. The van der Waals surface area contributed by atoms with Crippen LogP contribution in [0.15, 0.2) is 54.7 Å². The van der Waals surface area contributed by atoms with Crippen molar-refractivity contribution in [2.24, 2.45) is 0 Å². The number of Topliss-reactive ketones (excluding diaryl/α,β-unsaturated/α-hetero) is 1. The molecule has 2 aromatic carbocycles. The van der Waals surface area contributed by atoms with Crippen LogP contribution >= 0.6 is 0 Å². The number of aldehydes is 1. The van der Waals surface area contributed by atoms with Crippen LogP contribution in [0.5, 0.6) is 5.75 Å². The number of carbonyl (C=O) groups excluding carboxylic acids is 2. The van der Waals surface area contributed by atoms with Crippen LogP contribution in [0.1, 0.15) is 15.9 Å². The molecule has 0 aliphatic carbocycles. The molecule has 0 atom stereocenters. The van der Waals surface area contributed by atoms with Gasteiger partial charge in [-0.1, -0.05) is 30.3 Å². The van der Waals surface area contributed by atoms with Gasteiger partial charge in [0, 0.05) is 17.1 Å². The Labute approximate surface area is 121 Å². The summed E-state index contributed by atoms with van der Waals surface area (Å²) in [6.07, 6.45) is 1.86. The lowest BCUT2D eigenvalue weighted by Crippen LogP contribution is -1.98. The number of rotatable bonds is 5. The van der Waals surface area contributed by atoms with Crippen molar-refractivity contribution in [1.29, 1.82) is 0 Å². The number of aromatic amines is 1. The van der Waals surface area contributed by atoms with Crippen LogP contribution in [0.4, 0.5) is 0 Å². The van der Waals surface area contributed by atoms with Crippen molar-refractivity contribution in [3.63, 3.8) is 0 Å². The fraction of sp³-hybridized carbons (Fsp3) is 0.0588. The number of nitrogens with one attached hydrogen (secondary N) is 1. The lowest BCUT2D eigenvalue weighted by molar-refractivity contribution is -0.104. The molecule has 0 amide bonds. The molecule has 0 aliphatic heterocycles. The molecule has 1 aromatic heterocycles. The predicted octanol–water partition coefficient (Wildman–Crippen LogP) is 3.13. The number of H-pyrrole nitrogens is 1. The van der Waals surface area contributed by atoms with Gasteiger partial charge in [-0.2, -0.15) is 0 Å². The average Bonchev–Trinajstić information content (AvgIpc) is 2.96. The van der Waals surface area contributed by atoms with Crippen LogP contribution in [0, 0.1) is 0 Å². The molecular formula is C17H13NO3. The van der Waals surface area contributed by atoms with Crippen LogP contribution in [-0.4, -0.2) is 17.1 Å². The van der Waals surface area contributed by atoms with Crippen molar-refractivity contribution < 1.29 is 14.3 Å². The fourth-order valence-electron chi connectivity index (χ4n) is 2.20. The summed E-state index contributed by atoms with van der Waals surface area (Å²) < 4.78 is 5.72. The summed E-state index contributed by atoms with van der Waals surface area (Å²) in [5, 5.41) is 0.692. The Morgan fingerprint density at radius 2 is 1.95 bits per heavy atom. The molecule has 0 saturated heterocycles. The number of benzene rings is 2. The molecule has 0 bridgehead atoms. The Hall–Kier alpha value is -2.88. The zero-order chi connectivity index (χ0) is 14.7.